The highest BCUT2D eigenvalue weighted by molar-refractivity contribution is 14.0. The van der Waals surface area contributed by atoms with Gasteiger partial charge in [0.2, 0.25) is 5.91 Å². The SMILES string of the molecule is CCc1noc(CC)c1CN=C(NCC(=O)N(C)C)NC1CCOc2ccccc21.I. The third-order valence-electron chi connectivity index (χ3n) is 5.18. The molecule has 2 N–H and O–H groups in total. The van der Waals surface area contributed by atoms with Gasteiger partial charge in [0.1, 0.15) is 11.5 Å². The third kappa shape index (κ3) is 6.34. The van der Waals surface area contributed by atoms with Crippen LogP contribution in [0.1, 0.15) is 48.9 Å². The summed E-state index contributed by atoms with van der Waals surface area (Å²) in [5.41, 5.74) is 3.04. The lowest BCUT2D eigenvalue weighted by Gasteiger charge is -2.28. The number of carbonyl (C=O) groups is 1. The van der Waals surface area contributed by atoms with Crippen LogP contribution >= 0.6 is 24.0 Å². The number of guanidine groups is 1. The number of hydrogen-bond donors (Lipinski definition) is 2. The van der Waals surface area contributed by atoms with E-state index in [9.17, 15) is 4.79 Å². The van der Waals surface area contributed by atoms with E-state index in [1.54, 1.807) is 19.0 Å². The minimum Gasteiger partial charge on any atom is -0.493 e. The Hall–Kier alpha value is -2.30. The van der Waals surface area contributed by atoms with Crippen molar-refractivity contribution in [2.75, 3.05) is 27.2 Å². The maximum Gasteiger partial charge on any atom is 0.241 e. The molecule has 9 heteroatoms. The van der Waals surface area contributed by atoms with Crippen LogP contribution in [0.15, 0.2) is 33.8 Å². The molecule has 1 atom stereocenters. The number of nitrogens with one attached hydrogen (secondary N) is 2. The Labute approximate surface area is 200 Å². The van der Waals surface area contributed by atoms with E-state index in [2.05, 4.69) is 28.8 Å². The fourth-order valence-corrected chi connectivity index (χ4v) is 3.40. The summed E-state index contributed by atoms with van der Waals surface area (Å²) >= 11 is 0. The van der Waals surface area contributed by atoms with Crippen LogP contribution in [0, 0.1) is 0 Å². The van der Waals surface area contributed by atoms with Gasteiger partial charge in [-0.3, -0.25) is 4.79 Å². The number of aromatic nitrogens is 1. The van der Waals surface area contributed by atoms with E-state index >= 15 is 0 Å². The number of ether oxygens (including phenoxy) is 1. The molecule has 0 bridgehead atoms. The quantitative estimate of drug-likeness (QED) is 0.318. The lowest BCUT2D eigenvalue weighted by molar-refractivity contribution is -0.127. The number of para-hydroxylation sites is 1. The van der Waals surface area contributed by atoms with Gasteiger partial charge in [-0.2, -0.15) is 0 Å². The first-order valence-corrected chi connectivity index (χ1v) is 10.5. The van der Waals surface area contributed by atoms with Crippen molar-refractivity contribution in [1.82, 2.24) is 20.7 Å². The van der Waals surface area contributed by atoms with Gasteiger partial charge >= 0.3 is 0 Å². The number of amides is 1. The second-order valence-electron chi connectivity index (χ2n) is 7.42. The van der Waals surface area contributed by atoms with Crippen LogP contribution in [0.2, 0.25) is 0 Å². The van der Waals surface area contributed by atoms with Gasteiger partial charge in [-0.05, 0) is 12.5 Å². The zero-order valence-electron chi connectivity index (χ0n) is 18.6. The van der Waals surface area contributed by atoms with E-state index in [-0.39, 0.29) is 42.5 Å². The lowest BCUT2D eigenvalue weighted by Crippen LogP contribution is -2.45. The van der Waals surface area contributed by atoms with Crippen molar-refractivity contribution in [2.45, 2.75) is 45.7 Å². The molecule has 3 rings (SSSR count). The van der Waals surface area contributed by atoms with Gasteiger partial charge in [-0.25, -0.2) is 4.99 Å². The van der Waals surface area contributed by atoms with Crippen LogP contribution < -0.4 is 15.4 Å². The number of nitrogens with zero attached hydrogens (tertiary/aromatic N) is 3. The van der Waals surface area contributed by atoms with Crippen LogP contribution in [-0.4, -0.2) is 49.2 Å². The van der Waals surface area contributed by atoms with Crippen molar-refractivity contribution in [3.05, 3.63) is 46.8 Å². The largest absolute Gasteiger partial charge is 0.493 e. The first kappa shape index (κ1) is 25.0. The van der Waals surface area contributed by atoms with E-state index in [1.165, 1.54) is 0 Å². The smallest absolute Gasteiger partial charge is 0.241 e. The molecule has 1 aliphatic heterocycles. The average Bonchev–Trinajstić information content (AvgIpc) is 3.17. The van der Waals surface area contributed by atoms with E-state index in [0.717, 1.165) is 47.6 Å². The Morgan fingerprint density at radius 3 is 2.74 bits per heavy atom. The van der Waals surface area contributed by atoms with E-state index in [1.807, 2.05) is 25.1 Å². The number of aliphatic imine (C=N–C) groups is 1. The molecular formula is C22H32IN5O3. The molecule has 0 saturated heterocycles. The zero-order valence-corrected chi connectivity index (χ0v) is 20.9. The number of rotatable bonds is 7. The van der Waals surface area contributed by atoms with Gasteiger partial charge in [0.25, 0.3) is 0 Å². The molecule has 0 radical (unpaired) electrons. The number of likely N-dealkylation sites (N-methyl/N-ethyl adjacent to an activating group) is 1. The molecule has 2 heterocycles. The van der Waals surface area contributed by atoms with Crippen LogP contribution in [-0.2, 0) is 24.2 Å². The maximum absolute atomic E-state index is 12.1. The summed E-state index contributed by atoms with van der Waals surface area (Å²) in [6.45, 7) is 5.32. The molecule has 0 fully saturated rings. The standard InChI is InChI=1S/C22H31N5O3.HI/c1-5-17-16(19(6-2)30-26-17)13-23-22(24-14-21(28)27(3)4)25-18-11-12-29-20-10-8-7-9-15(18)20;/h7-10,18H,5-6,11-14H2,1-4H3,(H2,23,24,25);1H. The molecule has 0 spiro atoms. The number of aryl methyl sites for hydroxylation is 2. The molecule has 0 saturated carbocycles. The first-order chi connectivity index (χ1) is 14.5. The molecule has 2 aromatic rings. The molecule has 1 aromatic heterocycles. The summed E-state index contributed by atoms with van der Waals surface area (Å²) < 4.78 is 11.2. The van der Waals surface area contributed by atoms with Crippen LogP contribution in [0.4, 0.5) is 0 Å². The lowest BCUT2D eigenvalue weighted by atomic mass is 10.0. The van der Waals surface area contributed by atoms with Gasteiger partial charge in [0.05, 0.1) is 31.4 Å². The molecule has 1 aliphatic rings. The van der Waals surface area contributed by atoms with E-state index in [0.29, 0.717) is 19.1 Å². The van der Waals surface area contributed by atoms with Crippen molar-refractivity contribution < 1.29 is 14.1 Å². The zero-order chi connectivity index (χ0) is 21.5. The maximum atomic E-state index is 12.1. The monoisotopic (exact) mass is 541 g/mol. The van der Waals surface area contributed by atoms with Crippen LogP contribution in [0.3, 0.4) is 0 Å². The number of halogens is 1. The minimum absolute atomic E-state index is 0. The summed E-state index contributed by atoms with van der Waals surface area (Å²) in [4.78, 5) is 18.4. The highest BCUT2D eigenvalue weighted by Gasteiger charge is 2.22. The Kier molecular flexibility index (Phi) is 9.60. The highest BCUT2D eigenvalue weighted by Crippen LogP contribution is 2.31. The van der Waals surface area contributed by atoms with Gasteiger partial charge < -0.3 is 24.8 Å². The summed E-state index contributed by atoms with van der Waals surface area (Å²) in [6.07, 6.45) is 2.37. The van der Waals surface area contributed by atoms with Crippen molar-refractivity contribution in [3.8, 4) is 5.75 Å². The number of benzene rings is 1. The third-order valence-corrected chi connectivity index (χ3v) is 5.18. The molecule has 1 aromatic carbocycles. The first-order valence-electron chi connectivity index (χ1n) is 10.5. The van der Waals surface area contributed by atoms with Crippen molar-refractivity contribution in [1.29, 1.82) is 0 Å². The minimum atomic E-state index is -0.0228. The second-order valence-corrected chi connectivity index (χ2v) is 7.42. The summed E-state index contributed by atoms with van der Waals surface area (Å²) in [5, 5.41) is 10.8. The van der Waals surface area contributed by atoms with E-state index in [4.69, 9.17) is 14.3 Å². The van der Waals surface area contributed by atoms with E-state index < -0.39 is 0 Å². The molecule has 1 unspecified atom stereocenters. The summed E-state index contributed by atoms with van der Waals surface area (Å²) in [5.74, 6) is 2.30. The Morgan fingerprint density at radius 1 is 1.26 bits per heavy atom. The van der Waals surface area contributed by atoms with Crippen LogP contribution in [0.5, 0.6) is 5.75 Å². The molecule has 8 nitrogen and oxygen atoms in total. The second kappa shape index (κ2) is 11.9. The summed E-state index contributed by atoms with van der Waals surface area (Å²) in [7, 11) is 3.47. The van der Waals surface area contributed by atoms with Gasteiger partial charge in [0.15, 0.2) is 5.96 Å². The van der Waals surface area contributed by atoms with Crippen molar-refractivity contribution >= 4 is 35.8 Å². The average molecular weight is 541 g/mol. The van der Waals surface area contributed by atoms with Crippen LogP contribution in [0.25, 0.3) is 0 Å². The predicted molar refractivity (Wildman–Crippen MR) is 131 cm³/mol. The highest BCUT2D eigenvalue weighted by atomic mass is 127. The van der Waals surface area contributed by atoms with Crippen molar-refractivity contribution in [2.24, 2.45) is 4.99 Å². The number of hydrogen-bond acceptors (Lipinski definition) is 5. The molecule has 1 amide bonds. The Bertz CT molecular complexity index is 876. The fraction of sp³-hybridized carbons (Fsp3) is 0.500. The summed E-state index contributed by atoms with van der Waals surface area (Å²) in [6, 6.07) is 8.05. The molecule has 170 valence electrons. The normalized spacial score (nSPS) is 15.4. The van der Waals surface area contributed by atoms with Gasteiger partial charge in [0, 0.05) is 38.1 Å². The Morgan fingerprint density at radius 2 is 2.03 bits per heavy atom. The molecule has 31 heavy (non-hydrogen) atoms. The predicted octanol–water partition coefficient (Wildman–Crippen LogP) is 3.06. The number of carbonyl (C=O) groups excluding carboxylic acids is 1. The molecular weight excluding hydrogens is 509 g/mol. The Balaban J connectivity index is 0.00000341. The fourth-order valence-electron chi connectivity index (χ4n) is 3.40. The van der Waals surface area contributed by atoms with Gasteiger partial charge in [-0.1, -0.05) is 37.2 Å². The van der Waals surface area contributed by atoms with Gasteiger partial charge in [-0.15, -0.1) is 24.0 Å². The van der Waals surface area contributed by atoms with Crippen molar-refractivity contribution in [3.63, 3.8) is 0 Å². The topological polar surface area (TPSA) is 92.0 Å². The molecule has 0 aliphatic carbocycles. The number of fused-ring (bicyclic) bond motifs is 1.